The van der Waals surface area contributed by atoms with Crippen molar-refractivity contribution in [3.63, 3.8) is 0 Å². The molecule has 1 heterocycles. The standard InChI is InChI=1S/C17H21NO3/c1-4-9-18-15(7-5-14(11-19)17(18)20)13-6-8-16(21-3)12(2)10-13/h5-8,10,19H,4,9,11H2,1-3H3. The van der Waals surface area contributed by atoms with E-state index in [1.165, 1.54) is 0 Å². The van der Waals surface area contributed by atoms with Crippen molar-refractivity contribution in [3.05, 3.63) is 51.8 Å². The summed E-state index contributed by atoms with van der Waals surface area (Å²) in [5, 5.41) is 9.26. The molecule has 4 nitrogen and oxygen atoms in total. The summed E-state index contributed by atoms with van der Waals surface area (Å²) in [6, 6.07) is 9.46. The minimum Gasteiger partial charge on any atom is -0.496 e. The lowest BCUT2D eigenvalue weighted by Gasteiger charge is -2.15. The molecule has 0 saturated carbocycles. The summed E-state index contributed by atoms with van der Waals surface area (Å²) in [5.74, 6) is 0.829. The average Bonchev–Trinajstić information content (AvgIpc) is 2.49. The molecule has 0 unspecified atom stereocenters. The summed E-state index contributed by atoms with van der Waals surface area (Å²) in [6.07, 6.45) is 0.858. The topological polar surface area (TPSA) is 51.5 Å². The highest BCUT2D eigenvalue weighted by Crippen LogP contribution is 2.25. The molecule has 0 fully saturated rings. The van der Waals surface area contributed by atoms with Crippen molar-refractivity contribution in [1.82, 2.24) is 4.57 Å². The van der Waals surface area contributed by atoms with Gasteiger partial charge in [0.05, 0.1) is 19.4 Å². The van der Waals surface area contributed by atoms with Crippen molar-refractivity contribution < 1.29 is 9.84 Å². The Morgan fingerprint density at radius 2 is 2.00 bits per heavy atom. The van der Waals surface area contributed by atoms with Crippen LogP contribution in [0.25, 0.3) is 11.3 Å². The van der Waals surface area contributed by atoms with Crippen LogP contribution in [0.1, 0.15) is 24.5 Å². The first-order valence-corrected chi connectivity index (χ1v) is 7.11. The van der Waals surface area contributed by atoms with E-state index in [1.807, 2.05) is 38.1 Å². The van der Waals surface area contributed by atoms with E-state index in [9.17, 15) is 9.90 Å². The third kappa shape index (κ3) is 3.00. The van der Waals surface area contributed by atoms with Gasteiger partial charge in [0.1, 0.15) is 5.75 Å². The van der Waals surface area contributed by atoms with E-state index in [0.29, 0.717) is 12.1 Å². The number of rotatable bonds is 5. The number of benzene rings is 1. The van der Waals surface area contributed by atoms with Gasteiger partial charge in [0.25, 0.3) is 5.56 Å². The molecule has 0 aliphatic carbocycles. The van der Waals surface area contributed by atoms with Gasteiger partial charge < -0.3 is 14.4 Å². The number of aliphatic hydroxyl groups excluding tert-OH is 1. The first-order chi connectivity index (χ1) is 10.1. The fourth-order valence-corrected chi connectivity index (χ4v) is 2.48. The Morgan fingerprint density at radius 3 is 2.57 bits per heavy atom. The lowest BCUT2D eigenvalue weighted by molar-refractivity contribution is 0.279. The average molecular weight is 287 g/mol. The second kappa shape index (κ2) is 6.59. The molecule has 4 heteroatoms. The van der Waals surface area contributed by atoms with Gasteiger partial charge in [-0.1, -0.05) is 6.92 Å². The van der Waals surface area contributed by atoms with Crippen LogP contribution in [-0.2, 0) is 13.2 Å². The molecule has 21 heavy (non-hydrogen) atoms. The molecular formula is C17H21NO3. The van der Waals surface area contributed by atoms with Crippen molar-refractivity contribution in [2.75, 3.05) is 7.11 Å². The maximum absolute atomic E-state index is 12.4. The van der Waals surface area contributed by atoms with Gasteiger partial charge in [0.2, 0.25) is 0 Å². The zero-order valence-corrected chi connectivity index (χ0v) is 12.7. The molecule has 0 amide bonds. The van der Waals surface area contributed by atoms with Crippen molar-refractivity contribution in [1.29, 1.82) is 0 Å². The van der Waals surface area contributed by atoms with E-state index in [2.05, 4.69) is 0 Å². The van der Waals surface area contributed by atoms with Gasteiger partial charge in [-0.05, 0) is 54.8 Å². The van der Waals surface area contributed by atoms with Crippen LogP contribution in [0, 0.1) is 6.92 Å². The molecular weight excluding hydrogens is 266 g/mol. The fourth-order valence-electron chi connectivity index (χ4n) is 2.48. The smallest absolute Gasteiger partial charge is 0.256 e. The van der Waals surface area contributed by atoms with Crippen LogP contribution in [-0.4, -0.2) is 16.8 Å². The number of pyridine rings is 1. The Balaban J connectivity index is 2.60. The number of nitrogens with zero attached hydrogens (tertiary/aromatic N) is 1. The van der Waals surface area contributed by atoms with Gasteiger partial charge in [-0.25, -0.2) is 0 Å². The summed E-state index contributed by atoms with van der Waals surface area (Å²) in [7, 11) is 1.64. The highest BCUT2D eigenvalue weighted by Gasteiger charge is 2.10. The van der Waals surface area contributed by atoms with Crippen LogP contribution in [0.2, 0.25) is 0 Å². The van der Waals surface area contributed by atoms with Crippen LogP contribution in [0.15, 0.2) is 35.1 Å². The quantitative estimate of drug-likeness (QED) is 0.920. The molecule has 0 spiro atoms. The second-order valence-electron chi connectivity index (χ2n) is 5.04. The number of aryl methyl sites for hydroxylation is 1. The normalized spacial score (nSPS) is 10.7. The molecule has 2 rings (SSSR count). The Bertz CT molecular complexity index is 689. The molecule has 112 valence electrons. The number of aliphatic hydroxyl groups is 1. The zero-order chi connectivity index (χ0) is 15.4. The Morgan fingerprint density at radius 1 is 1.24 bits per heavy atom. The lowest BCUT2D eigenvalue weighted by Crippen LogP contribution is -2.25. The summed E-state index contributed by atoms with van der Waals surface area (Å²) in [4.78, 5) is 12.4. The van der Waals surface area contributed by atoms with Crippen LogP contribution >= 0.6 is 0 Å². The van der Waals surface area contributed by atoms with Crippen LogP contribution in [0.5, 0.6) is 5.75 Å². The SMILES string of the molecule is CCCn1c(-c2ccc(OC)c(C)c2)ccc(CO)c1=O. The van der Waals surface area contributed by atoms with Crippen molar-refractivity contribution >= 4 is 0 Å². The number of hydrogen-bond donors (Lipinski definition) is 1. The third-order valence-corrected chi connectivity index (χ3v) is 3.56. The van der Waals surface area contributed by atoms with Gasteiger partial charge in [0.15, 0.2) is 0 Å². The molecule has 0 aliphatic heterocycles. The predicted octanol–water partition coefficient (Wildman–Crippen LogP) is 2.73. The van der Waals surface area contributed by atoms with Crippen molar-refractivity contribution in [3.8, 4) is 17.0 Å². The monoisotopic (exact) mass is 287 g/mol. The van der Waals surface area contributed by atoms with Gasteiger partial charge in [0, 0.05) is 12.1 Å². The summed E-state index contributed by atoms with van der Waals surface area (Å²) >= 11 is 0. The molecule has 0 atom stereocenters. The first kappa shape index (κ1) is 15.3. The largest absolute Gasteiger partial charge is 0.496 e. The highest BCUT2D eigenvalue weighted by atomic mass is 16.5. The fraction of sp³-hybridized carbons (Fsp3) is 0.353. The molecule has 0 saturated heterocycles. The molecule has 1 N–H and O–H groups in total. The Hall–Kier alpha value is -2.07. The molecule has 1 aromatic carbocycles. The lowest BCUT2D eigenvalue weighted by atomic mass is 10.1. The number of ether oxygens (including phenoxy) is 1. The van der Waals surface area contributed by atoms with Gasteiger partial charge in [-0.15, -0.1) is 0 Å². The van der Waals surface area contributed by atoms with E-state index >= 15 is 0 Å². The van der Waals surface area contributed by atoms with Crippen LogP contribution < -0.4 is 10.3 Å². The maximum Gasteiger partial charge on any atom is 0.256 e. The minimum absolute atomic E-state index is 0.120. The van der Waals surface area contributed by atoms with E-state index in [1.54, 1.807) is 17.7 Å². The van der Waals surface area contributed by atoms with E-state index in [-0.39, 0.29) is 12.2 Å². The van der Waals surface area contributed by atoms with Crippen LogP contribution in [0.4, 0.5) is 0 Å². The molecule has 0 radical (unpaired) electrons. The minimum atomic E-state index is -0.232. The maximum atomic E-state index is 12.4. The van der Waals surface area contributed by atoms with Crippen LogP contribution in [0.3, 0.4) is 0 Å². The summed E-state index contributed by atoms with van der Waals surface area (Å²) in [5.41, 5.74) is 3.17. The first-order valence-electron chi connectivity index (χ1n) is 7.11. The van der Waals surface area contributed by atoms with E-state index in [4.69, 9.17) is 4.74 Å². The summed E-state index contributed by atoms with van der Waals surface area (Å²) in [6.45, 7) is 4.41. The summed E-state index contributed by atoms with van der Waals surface area (Å²) < 4.78 is 7.00. The molecule has 1 aromatic heterocycles. The van der Waals surface area contributed by atoms with Gasteiger partial charge >= 0.3 is 0 Å². The van der Waals surface area contributed by atoms with Gasteiger partial charge in [-0.2, -0.15) is 0 Å². The van der Waals surface area contributed by atoms with Gasteiger partial charge in [-0.3, -0.25) is 4.79 Å². The molecule has 2 aromatic rings. The predicted molar refractivity (Wildman–Crippen MR) is 83.6 cm³/mol. The van der Waals surface area contributed by atoms with E-state index in [0.717, 1.165) is 29.0 Å². The third-order valence-electron chi connectivity index (χ3n) is 3.56. The number of hydrogen-bond acceptors (Lipinski definition) is 3. The van der Waals surface area contributed by atoms with E-state index < -0.39 is 0 Å². The molecule has 0 bridgehead atoms. The molecule has 0 aliphatic rings. The Kier molecular flexibility index (Phi) is 4.81. The highest BCUT2D eigenvalue weighted by molar-refractivity contribution is 5.62. The van der Waals surface area contributed by atoms with Crippen molar-refractivity contribution in [2.45, 2.75) is 33.4 Å². The Labute approximate surface area is 124 Å². The second-order valence-corrected chi connectivity index (χ2v) is 5.04. The number of methoxy groups -OCH3 is 1. The van der Waals surface area contributed by atoms with Crippen molar-refractivity contribution in [2.24, 2.45) is 0 Å². The zero-order valence-electron chi connectivity index (χ0n) is 12.7. The number of aromatic nitrogens is 1.